The molecule has 2 heterocycles. The lowest BCUT2D eigenvalue weighted by atomic mass is 9.95. The van der Waals surface area contributed by atoms with Crippen molar-refractivity contribution in [3.05, 3.63) is 55.7 Å². The zero-order valence-corrected chi connectivity index (χ0v) is 18.0. The molecule has 30 heavy (non-hydrogen) atoms. The number of carbonyl (C=O) groups excluding carboxylic acids is 2. The smallest absolute Gasteiger partial charge is 0.341 e. The van der Waals surface area contributed by atoms with E-state index in [1.165, 1.54) is 16.0 Å². The summed E-state index contributed by atoms with van der Waals surface area (Å²) >= 11 is 1.39. The molecule has 7 nitrogen and oxygen atoms in total. The van der Waals surface area contributed by atoms with Crippen LogP contribution >= 0.6 is 11.3 Å². The molecule has 2 aromatic heterocycles. The van der Waals surface area contributed by atoms with E-state index in [9.17, 15) is 14.4 Å². The number of fused-ring (bicyclic) bond motifs is 2. The average molecular weight is 426 g/mol. The maximum absolute atomic E-state index is 13.0. The number of nitrogens with zero attached hydrogens (tertiary/aromatic N) is 2. The van der Waals surface area contributed by atoms with Gasteiger partial charge in [-0.05, 0) is 57.2 Å². The molecule has 1 aromatic carbocycles. The maximum Gasteiger partial charge on any atom is 0.341 e. The Kier molecular flexibility index (Phi) is 5.42. The van der Waals surface area contributed by atoms with Crippen LogP contribution in [0.15, 0.2) is 23.0 Å². The van der Waals surface area contributed by atoms with Gasteiger partial charge in [0.15, 0.2) is 5.69 Å². The largest absolute Gasteiger partial charge is 0.462 e. The molecule has 1 amide bonds. The summed E-state index contributed by atoms with van der Waals surface area (Å²) in [5.41, 5.74) is 2.32. The fourth-order valence-electron chi connectivity index (χ4n) is 3.87. The van der Waals surface area contributed by atoms with E-state index in [1.807, 2.05) is 19.1 Å². The Morgan fingerprint density at radius 2 is 2.03 bits per heavy atom. The Labute approximate surface area is 177 Å². The molecular formula is C22H23N3O4S. The van der Waals surface area contributed by atoms with Gasteiger partial charge in [-0.3, -0.25) is 14.3 Å². The van der Waals surface area contributed by atoms with Crippen LogP contribution in [0.3, 0.4) is 0 Å². The second-order valence-corrected chi connectivity index (χ2v) is 8.52. The number of amides is 1. The first-order chi connectivity index (χ1) is 14.4. The van der Waals surface area contributed by atoms with Crippen LogP contribution in [0, 0.1) is 6.92 Å². The van der Waals surface area contributed by atoms with Gasteiger partial charge in [0.25, 0.3) is 5.91 Å². The summed E-state index contributed by atoms with van der Waals surface area (Å²) in [5, 5.41) is 7.84. The van der Waals surface area contributed by atoms with Gasteiger partial charge in [0.2, 0.25) is 5.43 Å². The molecule has 3 aromatic rings. The Bertz CT molecular complexity index is 1230. The van der Waals surface area contributed by atoms with Gasteiger partial charge in [-0.2, -0.15) is 5.10 Å². The minimum atomic E-state index is -0.622. The summed E-state index contributed by atoms with van der Waals surface area (Å²) in [4.78, 5) is 39.7. The standard InChI is InChI=1S/C22H23N3O4S/c1-4-29-22(28)17-13-7-5-6-8-16(13)30-21(17)23-20(27)18-19(26)14-11-12(2)9-10-15(14)25(3)24-18/h9-11H,4-8H2,1-3H3,(H,23,27). The fourth-order valence-corrected chi connectivity index (χ4v) is 5.15. The van der Waals surface area contributed by atoms with Crippen LogP contribution in [0.2, 0.25) is 0 Å². The fraction of sp³-hybridized carbons (Fsp3) is 0.364. The highest BCUT2D eigenvalue weighted by Gasteiger charge is 2.28. The summed E-state index contributed by atoms with van der Waals surface area (Å²) in [6, 6.07) is 5.46. The Morgan fingerprint density at radius 3 is 2.80 bits per heavy atom. The third-order valence-corrected chi connectivity index (χ3v) is 6.51. The summed E-state index contributed by atoms with van der Waals surface area (Å²) in [6.45, 7) is 3.89. The van der Waals surface area contributed by atoms with E-state index in [2.05, 4.69) is 10.4 Å². The molecule has 0 bridgehead atoms. The van der Waals surface area contributed by atoms with Crippen molar-refractivity contribution in [2.24, 2.45) is 7.05 Å². The molecule has 0 atom stereocenters. The third-order valence-electron chi connectivity index (χ3n) is 5.30. The van der Waals surface area contributed by atoms with E-state index in [1.54, 1.807) is 20.0 Å². The monoisotopic (exact) mass is 425 g/mol. The number of aryl methyl sites for hydroxylation is 3. The van der Waals surface area contributed by atoms with Gasteiger partial charge in [0, 0.05) is 11.9 Å². The molecule has 0 fully saturated rings. The van der Waals surface area contributed by atoms with Crippen LogP contribution < -0.4 is 10.7 Å². The summed E-state index contributed by atoms with van der Waals surface area (Å²) in [5.74, 6) is -1.06. The van der Waals surface area contributed by atoms with E-state index in [0.717, 1.165) is 41.7 Å². The Hall–Kier alpha value is -3.00. The van der Waals surface area contributed by atoms with Gasteiger partial charge in [-0.1, -0.05) is 11.6 Å². The molecule has 1 N–H and O–H groups in total. The Balaban J connectivity index is 1.76. The van der Waals surface area contributed by atoms with E-state index in [4.69, 9.17) is 4.74 Å². The van der Waals surface area contributed by atoms with Crippen molar-refractivity contribution in [3.8, 4) is 0 Å². The minimum Gasteiger partial charge on any atom is -0.462 e. The van der Waals surface area contributed by atoms with Crippen molar-refractivity contribution in [1.29, 1.82) is 0 Å². The highest BCUT2D eigenvalue weighted by Crippen LogP contribution is 2.38. The zero-order chi connectivity index (χ0) is 21.4. The van der Waals surface area contributed by atoms with Gasteiger partial charge in [0.05, 0.1) is 23.1 Å². The number of rotatable bonds is 4. The first-order valence-electron chi connectivity index (χ1n) is 10.0. The molecule has 0 saturated carbocycles. The summed E-state index contributed by atoms with van der Waals surface area (Å²) < 4.78 is 6.75. The number of carbonyl (C=O) groups is 2. The maximum atomic E-state index is 13.0. The number of nitrogens with one attached hydrogen (secondary N) is 1. The number of anilines is 1. The molecule has 0 radical (unpaired) electrons. The van der Waals surface area contributed by atoms with E-state index < -0.39 is 17.3 Å². The number of benzene rings is 1. The molecule has 0 unspecified atom stereocenters. The van der Waals surface area contributed by atoms with Crippen molar-refractivity contribution in [3.63, 3.8) is 0 Å². The first-order valence-corrected chi connectivity index (χ1v) is 10.8. The van der Waals surface area contributed by atoms with Crippen LogP contribution in [0.25, 0.3) is 10.9 Å². The van der Waals surface area contributed by atoms with Crippen molar-refractivity contribution in [2.75, 3.05) is 11.9 Å². The molecule has 0 aliphatic heterocycles. The molecule has 156 valence electrons. The quantitative estimate of drug-likeness (QED) is 0.645. The second kappa shape index (κ2) is 8.02. The van der Waals surface area contributed by atoms with Crippen molar-refractivity contribution in [2.45, 2.75) is 39.5 Å². The lowest BCUT2D eigenvalue weighted by Crippen LogP contribution is -2.27. The second-order valence-electron chi connectivity index (χ2n) is 7.41. The highest BCUT2D eigenvalue weighted by atomic mass is 32.1. The molecule has 0 spiro atoms. The van der Waals surface area contributed by atoms with Crippen molar-refractivity contribution >= 4 is 39.1 Å². The van der Waals surface area contributed by atoms with Crippen molar-refractivity contribution in [1.82, 2.24) is 9.78 Å². The summed E-state index contributed by atoms with van der Waals surface area (Å²) in [7, 11) is 1.70. The predicted molar refractivity (Wildman–Crippen MR) is 117 cm³/mol. The number of esters is 1. The lowest BCUT2D eigenvalue weighted by Gasteiger charge is -2.12. The average Bonchev–Trinajstić information content (AvgIpc) is 3.08. The first kappa shape index (κ1) is 20.3. The van der Waals surface area contributed by atoms with Crippen LogP contribution in [0.5, 0.6) is 0 Å². The van der Waals surface area contributed by atoms with Crippen LogP contribution in [0.4, 0.5) is 5.00 Å². The topological polar surface area (TPSA) is 90.3 Å². The van der Waals surface area contributed by atoms with Gasteiger partial charge < -0.3 is 10.1 Å². The van der Waals surface area contributed by atoms with Gasteiger partial charge >= 0.3 is 5.97 Å². The minimum absolute atomic E-state index is 0.197. The number of ether oxygens (including phenoxy) is 1. The zero-order valence-electron chi connectivity index (χ0n) is 17.2. The van der Waals surface area contributed by atoms with Crippen LogP contribution in [0.1, 0.15) is 56.6 Å². The SMILES string of the molecule is CCOC(=O)c1c(NC(=O)c2nn(C)c3ccc(C)cc3c2=O)sc2c1CCCC2. The van der Waals surface area contributed by atoms with Crippen molar-refractivity contribution < 1.29 is 14.3 Å². The van der Waals surface area contributed by atoms with E-state index in [-0.39, 0.29) is 12.3 Å². The van der Waals surface area contributed by atoms with Gasteiger partial charge in [0.1, 0.15) is 5.00 Å². The normalized spacial score (nSPS) is 13.2. The molecule has 4 rings (SSSR count). The number of hydrogen-bond acceptors (Lipinski definition) is 6. The molecule has 8 heteroatoms. The third kappa shape index (κ3) is 3.52. The van der Waals surface area contributed by atoms with E-state index >= 15 is 0 Å². The van der Waals surface area contributed by atoms with Gasteiger partial charge in [-0.25, -0.2) is 4.79 Å². The van der Waals surface area contributed by atoms with E-state index in [0.29, 0.717) is 21.5 Å². The number of aromatic nitrogens is 2. The molecule has 1 aliphatic carbocycles. The molecule has 0 saturated heterocycles. The number of hydrogen-bond donors (Lipinski definition) is 1. The molecular weight excluding hydrogens is 402 g/mol. The van der Waals surface area contributed by atoms with Crippen LogP contribution in [-0.2, 0) is 24.6 Å². The van der Waals surface area contributed by atoms with Gasteiger partial charge in [-0.15, -0.1) is 11.3 Å². The van der Waals surface area contributed by atoms with Crippen LogP contribution in [-0.4, -0.2) is 28.3 Å². The molecule has 1 aliphatic rings. The predicted octanol–water partition coefficient (Wildman–Crippen LogP) is 3.61. The lowest BCUT2D eigenvalue weighted by molar-refractivity contribution is 0.0526. The highest BCUT2D eigenvalue weighted by molar-refractivity contribution is 7.17. The summed E-state index contributed by atoms with van der Waals surface area (Å²) in [6.07, 6.45) is 3.70. The number of thiophene rings is 1. The Morgan fingerprint density at radius 1 is 1.27 bits per heavy atom.